The van der Waals surface area contributed by atoms with Gasteiger partial charge in [-0.2, -0.15) is 12.7 Å². The molecule has 2 aromatic carbocycles. The first-order valence-corrected chi connectivity index (χ1v) is 17.7. The maximum Gasteiger partial charge on any atom is 0.306 e. The molecule has 1 aliphatic heterocycles. The normalized spacial score (nSPS) is 13.9. The predicted molar refractivity (Wildman–Crippen MR) is 182 cm³/mol. The minimum Gasteiger partial charge on any atom is -0.493 e. The summed E-state index contributed by atoms with van der Waals surface area (Å²) in [6, 6.07) is 8.93. The highest BCUT2D eigenvalue weighted by Gasteiger charge is 2.28. The Kier molecular flexibility index (Phi) is 12.1. The van der Waals surface area contributed by atoms with Crippen molar-refractivity contribution in [2.24, 2.45) is 11.8 Å². The van der Waals surface area contributed by atoms with Gasteiger partial charge < -0.3 is 29.0 Å². The number of hydrogen-bond acceptors (Lipinski definition) is 11. The van der Waals surface area contributed by atoms with Crippen LogP contribution in [0.25, 0.3) is 10.1 Å². The molecule has 2 atom stereocenters. The molecular formula is C33H41N3O11S2. The largest absolute Gasteiger partial charge is 0.493 e. The van der Waals surface area contributed by atoms with Crippen LogP contribution in [0.1, 0.15) is 53.9 Å². The van der Waals surface area contributed by atoms with E-state index < -0.39 is 33.9 Å². The Bertz CT molecular complexity index is 1840. The summed E-state index contributed by atoms with van der Waals surface area (Å²) in [6.07, 6.45) is 0.273. The van der Waals surface area contributed by atoms with Gasteiger partial charge in [0.1, 0.15) is 0 Å². The number of Topliss-reactive ketones (excluding diaryl/α,β-unsaturated/α-hetero) is 1. The van der Waals surface area contributed by atoms with Gasteiger partial charge >= 0.3 is 16.2 Å². The lowest BCUT2D eigenvalue weighted by Gasteiger charge is -2.16. The van der Waals surface area contributed by atoms with Crippen molar-refractivity contribution in [1.82, 2.24) is 13.9 Å². The van der Waals surface area contributed by atoms with E-state index in [1.807, 2.05) is 16.9 Å². The van der Waals surface area contributed by atoms with Gasteiger partial charge in [0, 0.05) is 63.1 Å². The lowest BCUT2D eigenvalue weighted by molar-refractivity contribution is -0.145. The number of carboxylic acids is 1. The lowest BCUT2D eigenvalue weighted by Crippen LogP contribution is -2.42. The van der Waals surface area contributed by atoms with Crippen molar-refractivity contribution in [2.45, 2.75) is 46.2 Å². The Hall–Kier alpha value is -4.41. The third kappa shape index (κ3) is 9.19. The summed E-state index contributed by atoms with van der Waals surface area (Å²) in [5.74, 6) is -1.91. The maximum absolute atomic E-state index is 13.0. The second-order valence-electron chi connectivity index (χ2n) is 11.9. The van der Waals surface area contributed by atoms with Crippen molar-refractivity contribution in [2.75, 3.05) is 41.5 Å². The van der Waals surface area contributed by atoms with Crippen LogP contribution in [0.3, 0.4) is 0 Å². The average Bonchev–Trinajstić information content (AvgIpc) is 3.67. The first kappa shape index (κ1) is 37.4. The molecule has 0 spiro atoms. The third-order valence-corrected chi connectivity index (χ3v) is 10.6. The van der Waals surface area contributed by atoms with E-state index in [2.05, 4.69) is 0 Å². The van der Waals surface area contributed by atoms with E-state index in [-0.39, 0.29) is 31.1 Å². The molecule has 14 nitrogen and oxygen atoms in total. The van der Waals surface area contributed by atoms with Crippen molar-refractivity contribution >= 4 is 55.2 Å². The van der Waals surface area contributed by atoms with Crippen LogP contribution < -0.4 is 23.7 Å². The van der Waals surface area contributed by atoms with Gasteiger partial charge in [-0.05, 0) is 40.8 Å². The highest BCUT2D eigenvalue weighted by molar-refractivity contribution is 7.87. The summed E-state index contributed by atoms with van der Waals surface area (Å²) in [6.45, 7) is 4.33. The van der Waals surface area contributed by atoms with Crippen molar-refractivity contribution in [1.29, 1.82) is 0 Å². The number of nitrogens with one attached hydrogen (secondary N) is 1. The van der Waals surface area contributed by atoms with Crippen molar-refractivity contribution in [3.63, 3.8) is 0 Å². The van der Waals surface area contributed by atoms with E-state index in [4.69, 9.17) is 24.1 Å². The second-order valence-corrected chi connectivity index (χ2v) is 14.9. The smallest absolute Gasteiger partial charge is 0.306 e. The van der Waals surface area contributed by atoms with Crippen LogP contribution in [-0.4, -0.2) is 87.8 Å². The Labute approximate surface area is 289 Å². The molecule has 0 unspecified atom stereocenters. The molecule has 1 aliphatic rings. The number of aliphatic carboxylic acids is 1. The summed E-state index contributed by atoms with van der Waals surface area (Å²) in [4.78, 5) is 51.2. The monoisotopic (exact) mass is 719 g/mol. The number of amides is 2. The zero-order valence-electron chi connectivity index (χ0n) is 28.2. The van der Waals surface area contributed by atoms with Crippen LogP contribution in [0.5, 0.6) is 23.0 Å². The van der Waals surface area contributed by atoms with Crippen LogP contribution in [0.2, 0.25) is 0 Å². The van der Waals surface area contributed by atoms with Gasteiger partial charge in [0.2, 0.25) is 11.8 Å². The highest BCUT2D eigenvalue weighted by Crippen LogP contribution is 2.38. The number of methoxy groups -OCH3 is 2. The molecule has 0 fully saturated rings. The van der Waals surface area contributed by atoms with Crippen molar-refractivity contribution in [3.8, 4) is 23.0 Å². The fourth-order valence-corrected chi connectivity index (χ4v) is 6.66. The number of fused-ring (bicyclic) bond motifs is 2. The molecule has 0 radical (unpaired) electrons. The van der Waals surface area contributed by atoms with E-state index in [0.717, 1.165) is 25.5 Å². The number of benzene rings is 2. The fourth-order valence-electron chi connectivity index (χ4n) is 5.00. The van der Waals surface area contributed by atoms with Crippen LogP contribution in [0.4, 0.5) is 0 Å². The van der Waals surface area contributed by atoms with Gasteiger partial charge in [-0.15, -0.1) is 11.3 Å². The van der Waals surface area contributed by atoms with Gasteiger partial charge in [-0.25, -0.2) is 4.72 Å². The quantitative estimate of drug-likeness (QED) is 0.153. The van der Waals surface area contributed by atoms with Crippen LogP contribution in [0, 0.1) is 11.8 Å². The first-order chi connectivity index (χ1) is 23.1. The number of carboxylic acid groups (broad SMARTS) is 1. The molecule has 1 aromatic heterocycles. The number of nitrogens with zero attached hydrogens (tertiary/aromatic N) is 2. The van der Waals surface area contributed by atoms with E-state index in [0.29, 0.717) is 54.0 Å². The molecule has 0 aliphatic carbocycles. The number of ether oxygens (including phenoxy) is 4. The zero-order chi connectivity index (χ0) is 36.0. The number of ketones is 1. The molecule has 4 rings (SSSR count). The van der Waals surface area contributed by atoms with E-state index in [1.165, 1.54) is 53.5 Å². The molecule has 49 heavy (non-hydrogen) atoms. The molecule has 0 saturated heterocycles. The maximum atomic E-state index is 13.0. The summed E-state index contributed by atoms with van der Waals surface area (Å²) in [5.41, 5.74) is 1.82. The Morgan fingerprint density at radius 1 is 0.878 bits per heavy atom. The number of hydrogen-bond donors (Lipinski definition) is 2. The Balaban J connectivity index is 1.33. The van der Waals surface area contributed by atoms with Crippen molar-refractivity contribution in [3.05, 3.63) is 46.3 Å². The molecule has 2 N–H and O–H groups in total. The second kappa shape index (κ2) is 15.9. The minimum atomic E-state index is -3.96. The number of carbonyl (C=O) groups is 4. The van der Waals surface area contributed by atoms with Gasteiger partial charge in [-0.3, -0.25) is 19.2 Å². The summed E-state index contributed by atoms with van der Waals surface area (Å²) in [7, 11) is 1.68. The van der Waals surface area contributed by atoms with Gasteiger partial charge in [0.25, 0.3) is 0 Å². The molecule has 2 heterocycles. The Morgan fingerprint density at radius 3 is 2.02 bits per heavy atom. The third-order valence-electron chi connectivity index (χ3n) is 7.99. The summed E-state index contributed by atoms with van der Waals surface area (Å²) >= 11 is 1.24. The lowest BCUT2D eigenvalue weighted by atomic mass is 10.0. The van der Waals surface area contributed by atoms with E-state index in [1.54, 1.807) is 23.1 Å². The number of carbonyl (C=O) groups excluding carboxylic acids is 3. The van der Waals surface area contributed by atoms with Gasteiger partial charge in [0.05, 0.1) is 38.2 Å². The van der Waals surface area contributed by atoms with Gasteiger partial charge in [0.15, 0.2) is 28.8 Å². The van der Waals surface area contributed by atoms with E-state index in [9.17, 15) is 27.6 Å². The molecule has 266 valence electrons. The van der Waals surface area contributed by atoms with Gasteiger partial charge in [-0.1, -0.05) is 13.8 Å². The van der Waals surface area contributed by atoms with Crippen LogP contribution in [-0.2, 0) is 37.7 Å². The Morgan fingerprint density at radius 2 is 1.45 bits per heavy atom. The SMILES string of the molecule is COc1cc2c(cc1OCCCOc1cc3cc(C(=O)C[C@H](C)C(=O)NS(=O)(=O)N(C)C)sc3cc1OC)CN(C(=O)C[C@H](C)C(=O)O)C2. The van der Waals surface area contributed by atoms with E-state index >= 15 is 0 Å². The molecule has 0 saturated carbocycles. The van der Waals surface area contributed by atoms with Crippen LogP contribution >= 0.6 is 11.3 Å². The topological polar surface area (TPSA) is 178 Å². The highest BCUT2D eigenvalue weighted by atomic mass is 32.2. The predicted octanol–water partition coefficient (Wildman–Crippen LogP) is 3.85. The van der Waals surface area contributed by atoms with Crippen molar-refractivity contribution < 1.29 is 51.6 Å². The number of rotatable bonds is 17. The molecule has 0 bridgehead atoms. The first-order valence-electron chi connectivity index (χ1n) is 15.5. The standard InChI is InChI=1S/C33H41N3O11S2/c1-19(32(39)34-49(42,43)35(3)4)10-24(37)30-15-21-12-27(26(45-6)16-29(21)48-30)46-8-7-9-47-28-14-23-18-36(17-22(23)13-25(28)44-5)31(38)11-20(2)33(40)41/h12-16,19-20H,7-11,17-18H2,1-6H3,(H,34,39)(H,40,41)/t19-,20-/m0/s1. The summed E-state index contributed by atoms with van der Waals surface area (Å²) in [5, 5.41) is 9.89. The zero-order valence-corrected chi connectivity index (χ0v) is 29.9. The fraction of sp³-hybridized carbons (Fsp3) is 0.455. The molecule has 16 heteroatoms. The van der Waals surface area contributed by atoms with Crippen LogP contribution in [0.15, 0.2) is 30.3 Å². The molecular weight excluding hydrogens is 679 g/mol. The average molecular weight is 720 g/mol. The minimum absolute atomic E-state index is 0.0695. The molecule has 3 aromatic rings. The molecule has 2 amide bonds. The number of thiophene rings is 1. The summed E-state index contributed by atoms with van der Waals surface area (Å²) < 4.78 is 50.6.